The molecule has 0 aliphatic rings. The van der Waals surface area contributed by atoms with Gasteiger partial charge in [-0.2, -0.15) is 0 Å². The van der Waals surface area contributed by atoms with Gasteiger partial charge in [-0.15, -0.1) is 6.58 Å². The quantitative estimate of drug-likeness (QED) is 0.396. The molecule has 1 nitrogen and oxygen atoms in total. The first-order valence-electron chi connectivity index (χ1n) is 6.60. The van der Waals surface area contributed by atoms with E-state index in [1.165, 1.54) is 44.9 Å². The second-order valence-electron chi connectivity index (χ2n) is 4.43. The molecule has 0 aromatic rings. The summed E-state index contributed by atoms with van der Waals surface area (Å²) in [5, 5.41) is 9.68. The third kappa shape index (κ3) is 11.6. The molecule has 1 heteroatoms. The molecular weight excluding hydrogens is 184 g/mol. The molecule has 0 radical (unpaired) electrons. The van der Waals surface area contributed by atoms with Gasteiger partial charge in [0.2, 0.25) is 0 Å². The molecule has 90 valence electrons. The Morgan fingerprint density at radius 3 is 2.13 bits per heavy atom. The van der Waals surface area contributed by atoms with Crippen LogP contribution >= 0.6 is 0 Å². The predicted molar refractivity (Wildman–Crippen MR) is 68.0 cm³/mol. The topological polar surface area (TPSA) is 20.2 Å². The van der Waals surface area contributed by atoms with Crippen LogP contribution in [0.1, 0.15) is 71.1 Å². The van der Waals surface area contributed by atoms with Gasteiger partial charge in [0, 0.05) is 0 Å². The van der Waals surface area contributed by atoms with Crippen LogP contribution in [0.15, 0.2) is 12.7 Å². The molecule has 0 aromatic heterocycles. The smallest absolute Gasteiger partial charge is 0.0540 e. The molecular formula is C14H28O. The van der Waals surface area contributed by atoms with Crippen LogP contribution in [0.5, 0.6) is 0 Å². The molecule has 1 unspecified atom stereocenters. The van der Waals surface area contributed by atoms with E-state index in [0.29, 0.717) is 0 Å². The lowest BCUT2D eigenvalue weighted by atomic mass is 10.0. The summed E-state index contributed by atoms with van der Waals surface area (Å²) >= 11 is 0. The second-order valence-corrected chi connectivity index (χ2v) is 4.43. The summed E-state index contributed by atoms with van der Waals surface area (Å²) < 4.78 is 0. The van der Waals surface area contributed by atoms with Crippen molar-refractivity contribution in [3.63, 3.8) is 0 Å². The molecule has 0 spiro atoms. The Bertz CT molecular complexity index is 131. The summed E-state index contributed by atoms with van der Waals surface area (Å²) in [6.07, 6.45) is 13.7. The van der Waals surface area contributed by atoms with Gasteiger partial charge in [0.1, 0.15) is 0 Å². The van der Waals surface area contributed by atoms with Crippen molar-refractivity contribution >= 4 is 0 Å². The molecule has 15 heavy (non-hydrogen) atoms. The fourth-order valence-electron chi connectivity index (χ4n) is 1.80. The molecule has 1 atom stereocenters. The zero-order chi connectivity index (χ0) is 11.4. The van der Waals surface area contributed by atoms with Gasteiger partial charge < -0.3 is 5.11 Å². The maximum atomic E-state index is 9.68. The second kappa shape index (κ2) is 11.8. The van der Waals surface area contributed by atoms with E-state index in [9.17, 15) is 5.11 Å². The average Bonchev–Trinajstić information content (AvgIpc) is 2.24. The zero-order valence-corrected chi connectivity index (χ0v) is 10.4. The third-order valence-electron chi connectivity index (χ3n) is 2.84. The monoisotopic (exact) mass is 212 g/mol. The molecule has 0 rings (SSSR count). The van der Waals surface area contributed by atoms with Gasteiger partial charge in [-0.1, -0.05) is 51.5 Å². The number of allylic oxidation sites excluding steroid dienone is 1. The summed E-state index contributed by atoms with van der Waals surface area (Å²) in [7, 11) is 0. The van der Waals surface area contributed by atoms with Gasteiger partial charge >= 0.3 is 0 Å². The largest absolute Gasteiger partial charge is 0.393 e. The van der Waals surface area contributed by atoms with Crippen LogP contribution in [0.25, 0.3) is 0 Å². The lowest BCUT2D eigenvalue weighted by molar-refractivity contribution is 0.147. The number of aliphatic hydroxyl groups is 1. The Balaban J connectivity index is 3.11. The van der Waals surface area contributed by atoms with E-state index in [1.807, 2.05) is 6.08 Å². The van der Waals surface area contributed by atoms with E-state index in [-0.39, 0.29) is 6.10 Å². The summed E-state index contributed by atoms with van der Waals surface area (Å²) in [5.41, 5.74) is 0. The van der Waals surface area contributed by atoms with Gasteiger partial charge in [0.25, 0.3) is 0 Å². The van der Waals surface area contributed by atoms with Crippen molar-refractivity contribution < 1.29 is 5.11 Å². The lowest BCUT2D eigenvalue weighted by Gasteiger charge is -2.09. The minimum absolute atomic E-state index is 0.0504. The Morgan fingerprint density at radius 2 is 1.60 bits per heavy atom. The van der Waals surface area contributed by atoms with E-state index in [4.69, 9.17) is 0 Å². The van der Waals surface area contributed by atoms with Crippen molar-refractivity contribution in [2.45, 2.75) is 77.2 Å². The Kier molecular flexibility index (Phi) is 11.5. The summed E-state index contributed by atoms with van der Waals surface area (Å²) in [5.74, 6) is 0. The Morgan fingerprint density at radius 1 is 1.00 bits per heavy atom. The zero-order valence-electron chi connectivity index (χ0n) is 10.4. The van der Waals surface area contributed by atoms with E-state index in [2.05, 4.69) is 13.5 Å². The highest BCUT2D eigenvalue weighted by Gasteiger charge is 2.02. The van der Waals surface area contributed by atoms with Gasteiger partial charge in [-0.3, -0.25) is 0 Å². The summed E-state index contributed by atoms with van der Waals surface area (Å²) in [6.45, 7) is 5.92. The maximum Gasteiger partial charge on any atom is 0.0540 e. The molecule has 0 aliphatic heterocycles. The molecule has 0 saturated heterocycles. The maximum absolute atomic E-state index is 9.68. The number of rotatable bonds is 11. The van der Waals surface area contributed by atoms with E-state index >= 15 is 0 Å². The van der Waals surface area contributed by atoms with Crippen molar-refractivity contribution in [2.24, 2.45) is 0 Å². The Hall–Kier alpha value is -0.300. The lowest BCUT2D eigenvalue weighted by Crippen LogP contribution is -2.05. The fraction of sp³-hybridized carbons (Fsp3) is 0.857. The average molecular weight is 212 g/mol. The van der Waals surface area contributed by atoms with Crippen LogP contribution in [0.4, 0.5) is 0 Å². The first-order valence-corrected chi connectivity index (χ1v) is 6.60. The minimum atomic E-state index is -0.0504. The number of hydrogen-bond donors (Lipinski definition) is 1. The van der Waals surface area contributed by atoms with Crippen molar-refractivity contribution in [3.8, 4) is 0 Å². The third-order valence-corrected chi connectivity index (χ3v) is 2.84. The highest BCUT2D eigenvalue weighted by Crippen LogP contribution is 2.12. The highest BCUT2D eigenvalue weighted by atomic mass is 16.3. The molecule has 1 N–H and O–H groups in total. The molecule has 0 aromatic carbocycles. The summed E-state index contributed by atoms with van der Waals surface area (Å²) in [6, 6.07) is 0. The standard InChI is InChI=1S/C14H28O/c1-3-5-7-9-11-13-14(15)12-10-8-6-4-2/h3,14-15H,1,4-13H2,2H3. The van der Waals surface area contributed by atoms with Gasteiger partial charge in [-0.25, -0.2) is 0 Å². The normalized spacial score (nSPS) is 12.7. The van der Waals surface area contributed by atoms with Crippen LogP contribution in [-0.2, 0) is 0 Å². The van der Waals surface area contributed by atoms with Gasteiger partial charge in [0.15, 0.2) is 0 Å². The first-order chi connectivity index (χ1) is 7.31. The predicted octanol–water partition coefficient (Wildman–Crippen LogP) is 4.45. The molecule has 0 saturated carbocycles. The summed E-state index contributed by atoms with van der Waals surface area (Å²) in [4.78, 5) is 0. The molecule has 0 bridgehead atoms. The number of aliphatic hydroxyl groups excluding tert-OH is 1. The molecule has 0 aliphatic carbocycles. The molecule has 0 fully saturated rings. The van der Waals surface area contributed by atoms with Crippen molar-refractivity contribution in [1.29, 1.82) is 0 Å². The van der Waals surface area contributed by atoms with Crippen LogP contribution in [-0.4, -0.2) is 11.2 Å². The van der Waals surface area contributed by atoms with Crippen molar-refractivity contribution in [2.75, 3.05) is 0 Å². The van der Waals surface area contributed by atoms with Crippen LogP contribution in [0.3, 0.4) is 0 Å². The van der Waals surface area contributed by atoms with Gasteiger partial charge in [-0.05, 0) is 25.7 Å². The molecule has 0 amide bonds. The van der Waals surface area contributed by atoms with E-state index < -0.39 is 0 Å². The van der Waals surface area contributed by atoms with E-state index in [1.54, 1.807) is 0 Å². The van der Waals surface area contributed by atoms with Gasteiger partial charge in [0.05, 0.1) is 6.10 Å². The number of unbranched alkanes of at least 4 members (excludes halogenated alkanes) is 6. The number of hydrogen-bond acceptors (Lipinski definition) is 1. The first kappa shape index (κ1) is 14.7. The van der Waals surface area contributed by atoms with Crippen LogP contribution in [0.2, 0.25) is 0 Å². The van der Waals surface area contributed by atoms with E-state index in [0.717, 1.165) is 19.3 Å². The van der Waals surface area contributed by atoms with Crippen molar-refractivity contribution in [1.82, 2.24) is 0 Å². The Labute approximate surface area is 95.6 Å². The van der Waals surface area contributed by atoms with Crippen LogP contribution in [0, 0.1) is 0 Å². The highest BCUT2D eigenvalue weighted by molar-refractivity contribution is 4.66. The molecule has 0 heterocycles. The SMILES string of the molecule is C=CCCCCCC(O)CCCCCC. The van der Waals surface area contributed by atoms with Crippen LogP contribution < -0.4 is 0 Å². The minimum Gasteiger partial charge on any atom is -0.393 e. The van der Waals surface area contributed by atoms with Crippen molar-refractivity contribution in [3.05, 3.63) is 12.7 Å². The fourth-order valence-corrected chi connectivity index (χ4v) is 1.80.